The largest absolute Gasteiger partial charge is 0.377 e. The molecule has 6 rings (SSSR count). The van der Waals surface area contributed by atoms with E-state index in [1.165, 1.54) is 0 Å². The van der Waals surface area contributed by atoms with Gasteiger partial charge in [0.2, 0.25) is 0 Å². The van der Waals surface area contributed by atoms with Crippen molar-refractivity contribution >= 4 is 40.3 Å². The number of aromatic amines is 1. The number of nitrogens with zero attached hydrogens (tertiary/aromatic N) is 5. The van der Waals surface area contributed by atoms with Gasteiger partial charge >= 0.3 is 6.03 Å². The van der Waals surface area contributed by atoms with Crippen LogP contribution in [0.15, 0.2) is 47.6 Å². The number of fused-ring (bicyclic) bond motifs is 1. The van der Waals surface area contributed by atoms with Gasteiger partial charge in [0, 0.05) is 24.3 Å². The van der Waals surface area contributed by atoms with Crippen molar-refractivity contribution in [1.82, 2.24) is 30.3 Å². The maximum Gasteiger partial charge on any atom is 0.319 e. The monoisotopic (exact) mass is 504 g/mol. The normalized spacial score (nSPS) is 17.9. The van der Waals surface area contributed by atoms with Gasteiger partial charge in [0.1, 0.15) is 10.8 Å². The molecule has 1 aromatic carbocycles. The van der Waals surface area contributed by atoms with Crippen LogP contribution in [0.3, 0.4) is 0 Å². The molecule has 0 spiro atoms. The molecule has 0 bridgehead atoms. The molecule has 1 saturated heterocycles. The number of benzene rings is 1. The number of pyridine rings is 1. The molecule has 4 aromatic rings. The fourth-order valence-corrected chi connectivity index (χ4v) is 5.07. The van der Waals surface area contributed by atoms with Gasteiger partial charge in [-0.15, -0.1) is 11.8 Å². The van der Waals surface area contributed by atoms with Gasteiger partial charge in [0.25, 0.3) is 0 Å². The number of nitrogens with one attached hydrogen (secondary N) is 3. The molecule has 186 valence electrons. The molecular formula is C25H28N8O2S. The van der Waals surface area contributed by atoms with Crippen molar-refractivity contribution in [3.05, 3.63) is 42.6 Å². The van der Waals surface area contributed by atoms with Crippen LogP contribution in [0, 0.1) is 0 Å². The zero-order valence-corrected chi connectivity index (χ0v) is 21.0. The Balaban J connectivity index is 1.45. The third kappa shape index (κ3) is 4.40. The molecule has 2 amide bonds. The Kier molecular flexibility index (Phi) is 6.02. The highest BCUT2D eigenvalue weighted by molar-refractivity contribution is 7.98. The third-order valence-corrected chi connectivity index (χ3v) is 7.20. The van der Waals surface area contributed by atoms with E-state index in [9.17, 15) is 4.79 Å². The summed E-state index contributed by atoms with van der Waals surface area (Å²) >= 11 is 1.59. The molecule has 2 aliphatic rings. The van der Waals surface area contributed by atoms with Crippen LogP contribution in [-0.2, 0) is 4.74 Å². The zero-order valence-electron chi connectivity index (χ0n) is 20.2. The summed E-state index contributed by atoms with van der Waals surface area (Å²) in [5.41, 5.74) is 3.58. The van der Waals surface area contributed by atoms with Crippen molar-refractivity contribution < 1.29 is 9.53 Å². The summed E-state index contributed by atoms with van der Waals surface area (Å²) < 4.78 is 7.49. The standard InChI is InChI=1S/C25H28N8O2S/c1-15-14-35-12-11-32(15)21-13-19(16-3-5-17(6-4-16)27-25(34)28-18-7-8-18)22-23(29-21)33(31-24(22)36-2)20-9-10-26-30-20/h3-6,9-10,13,15,18H,7-8,11-12,14H2,1-2H3,(H,26,30)(H2,27,28,34)/t15-/m1/s1. The van der Waals surface area contributed by atoms with Crippen LogP contribution in [0.4, 0.5) is 16.3 Å². The molecule has 1 aliphatic heterocycles. The first-order valence-electron chi connectivity index (χ1n) is 12.1. The first kappa shape index (κ1) is 22.9. The van der Waals surface area contributed by atoms with Crippen molar-refractivity contribution in [1.29, 1.82) is 0 Å². The number of hydrogen-bond donors (Lipinski definition) is 3. The average molecular weight is 505 g/mol. The van der Waals surface area contributed by atoms with E-state index in [1.807, 2.05) is 41.3 Å². The molecule has 36 heavy (non-hydrogen) atoms. The SMILES string of the molecule is CSc1nn(-c2ccn[nH]2)c2nc(N3CCOC[C@H]3C)cc(-c3ccc(NC(=O)NC4CC4)cc3)c12. The van der Waals surface area contributed by atoms with Gasteiger partial charge < -0.3 is 20.3 Å². The predicted octanol–water partition coefficient (Wildman–Crippen LogP) is 4.04. The number of morpholine rings is 1. The van der Waals surface area contributed by atoms with Gasteiger partial charge in [-0.1, -0.05) is 12.1 Å². The molecule has 11 heteroatoms. The van der Waals surface area contributed by atoms with Crippen LogP contribution in [0.25, 0.3) is 28.0 Å². The summed E-state index contributed by atoms with van der Waals surface area (Å²) in [6.45, 7) is 4.25. The number of aromatic nitrogens is 5. The van der Waals surface area contributed by atoms with Gasteiger partial charge in [0.05, 0.1) is 30.8 Å². The van der Waals surface area contributed by atoms with E-state index < -0.39 is 0 Å². The first-order valence-corrected chi connectivity index (χ1v) is 13.3. The van der Waals surface area contributed by atoms with E-state index in [0.29, 0.717) is 19.3 Å². The fourth-order valence-electron chi connectivity index (χ4n) is 4.50. The number of amides is 2. The van der Waals surface area contributed by atoms with Crippen molar-refractivity contribution in [3.8, 4) is 16.9 Å². The Morgan fingerprint density at radius 1 is 1.22 bits per heavy atom. The summed E-state index contributed by atoms with van der Waals surface area (Å²) in [5, 5.41) is 19.7. The summed E-state index contributed by atoms with van der Waals surface area (Å²) in [6, 6.07) is 12.3. The van der Waals surface area contributed by atoms with Gasteiger partial charge in [-0.25, -0.2) is 9.78 Å². The summed E-state index contributed by atoms with van der Waals surface area (Å²) in [5.74, 6) is 1.64. The minimum Gasteiger partial charge on any atom is -0.377 e. The van der Waals surface area contributed by atoms with Crippen molar-refractivity contribution in [2.45, 2.75) is 36.9 Å². The quantitative estimate of drug-likeness (QED) is 0.340. The molecule has 1 atom stereocenters. The van der Waals surface area contributed by atoms with Gasteiger partial charge in [-0.2, -0.15) is 14.9 Å². The van der Waals surface area contributed by atoms with Crippen molar-refractivity contribution in [3.63, 3.8) is 0 Å². The number of carbonyl (C=O) groups excluding carboxylic acids is 1. The number of ether oxygens (including phenoxy) is 1. The number of urea groups is 1. The lowest BCUT2D eigenvalue weighted by Crippen LogP contribution is -2.44. The molecule has 3 aromatic heterocycles. The van der Waals surface area contributed by atoms with Gasteiger partial charge in [0.15, 0.2) is 11.5 Å². The second-order valence-corrected chi connectivity index (χ2v) is 9.95. The molecule has 1 saturated carbocycles. The van der Waals surface area contributed by atoms with E-state index in [2.05, 4.69) is 38.7 Å². The molecule has 4 heterocycles. The lowest BCUT2D eigenvalue weighted by molar-refractivity contribution is 0.0985. The molecule has 3 N–H and O–H groups in total. The Hall–Kier alpha value is -3.57. The molecule has 0 radical (unpaired) electrons. The highest BCUT2D eigenvalue weighted by Crippen LogP contribution is 2.38. The molecule has 10 nitrogen and oxygen atoms in total. The van der Waals surface area contributed by atoms with E-state index in [1.54, 1.807) is 18.0 Å². The van der Waals surface area contributed by atoms with Crippen LogP contribution in [0.5, 0.6) is 0 Å². The maximum absolute atomic E-state index is 12.2. The number of hydrogen-bond acceptors (Lipinski definition) is 7. The topological polar surface area (TPSA) is 113 Å². The van der Waals surface area contributed by atoms with E-state index in [-0.39, 0.29) is 12.1 Å². The average Bonchev–Trinajstić information content (AvgIpc) is 3.38. The minimum atomic E-state index is -0.161. The van der Waals surface area contributed by atoms with Crippen LogP contribution < -0.4 is 15.5 Å². The highest BCUT2D eigenvalue weighted by Gasteiger charge is 2.26. The zero-order chi connectivity index (χ0) is 24.6. The second kappa shape index (κ2) is 9.47. The van der Waals surface area contributed by atoms with E-state index in [0.717, 1.165) is 63.9 Å². The second-order valence-electron chi connectivity index (χ2n) is 9.16. The summed E-state index contributed by atoms with van der Waals surface area (Å²) in [4.78, 5) is 19.6. The number of H-pyrrole nitrogens is 1. The molecule has 2 fully saturated rings. The highest BCUT2D eigenvalue weighted by atomic mass is 32.2. The Bertz CT molecular complexity index is 1380. The molecule has 1 aliphatic carbocycles. The number of carbonyl (C=O) groups is 1. The van der Waals surface area contributed by atoms with Gasteiger partial charge in [-0.05, 0) is 55.3 Å². The number of thioether (sulfide) groups is 1. The Morgan fingerprint density at radius 3 is 2.75 bits per heavy atom. The van der Waals surface area contributed by atoms with E-state index >= 15 is 0 Å². The van der Waals surface area contributed by atoms with Crippen LogP contribution in [-0.4, -0.2) is 69.1 Å². The molecule has 0 unspecified atom stereocenters. The third-order valence-electron chi connectivity index (χ3n) is 6.53. The van der Waals surface area contributed by atoms with Crippen molar-refractivity contribution in [2.75, 3.05) is 36.2 Å². The van der Waals surface area contributed by atoms with E-state index in [4.69, 9.17) is 14.8 Å². The maximum atomic E-state index is 12.2. The minimum absolute atomic E-state index is 0.161. The number of rotatable bonds is 6. The lowest BCUT2D eigenvalue weighted by atomic mass is 10.0. The van der Waals surface area contributed by atoms with Crippen LogP contribution in [0.1, 0.15) is 19.8 Å². The van der Waals surface area contributed by atoms with Crippen LogP contribution in [0.2, 0.25) is 0 Å². The Labute approximate surface area is 212 Å². The number of anilines is 2. The summed E-state index contributed by atoms with van der Waals surface area (Å²) in [7, 11) is 0. The van der Waals surface area contributed by atoms with Crippen molar-refractivity contribution in [2.24, 2.45) is 0 Å². The fraction of sp³-hybridized carbons (Fsp3) is 0.360. The predicted molar refractivity (Wildman–Crippen MR) is 141 cm³/mol. The lowest BCUT2D eigenvalue weighted by Gasteiger charge is -2.34. The smallest absolute Gasteiger partial charge is 0.319 e. The molecular weight excluding hydrogens is 476 g/mol. The van der Waals surface area contributed by atoms with Crippen LogP contribution >= 0.6 is 11.8 Å². The Morgan fingerprint density at radius 2 is 2.06 bits per heavy atom. The van der Waals surface area contributed by atoms with Gasteiger partial charge in [-0.3, -0.25) is 5.10 Å². The first-order chi connectivity index (χ1) is 17.6. The summed E-state index contributed by atoms with van der Waals surface area (Å²) in [6.07, 6.45) is 5.84.